The van der Waals surface area contributed by atoms with Crippen molar-refractivity contribution >= 4 is 17.1 Å². The zero-order chi connectivity index (χ0) is 22.5. The van der Waals surface area contributed by atoms with E-state index in [2.05, 4.69) is 22.2 Å². The molecule has 0 aliphatic rings. The summed E-state index contributed by atoms with van der Waals surface area (Å²) in [4.78, 5) is 22.5. The summed E-state index contributed by atoms with van der Waals surface area (Å²) in [5.74, 6) is 0.937. The molecule has 2 heterocycles. The number of methoxy groups -OCH3 is 1. The average Bonchev–Trinajstić information content (AvgIpc) is 3.06. The number of hydrogen-bond acceptors (Lipinski definition) is 5. The largest absolute Gasteiger partial charge is 0.497 e. The average molecular weight is 436 g/mol. The van der Waals surface area contributed by atoms with E-state index in [0.717, 1.165) is 36.3 Å². The molecule has 0 saturated heterocycles. The first-order valence-electron chi connectivity index (χ1n) is 10.7. The fourth-order valence-electron chi connectivity index (χ4n) is 3.54. The Morgan fingerprint density at radius 1 is 1.00 bits per heavy atom. The number of halogens is 1. The van der Waals surface area contributed by atoms with Crippen molar-refractivity contribution in [1.29, 1.82) is 0 Å². The predicted molar refractivity (Wildman–Crippen MR) is 123 cm³/mol. The Bertz CT molecular complexity index is 1250. The van der Waals surface area contributed by atoms with Gasteiger partial charge in [0.1, 0.15) is 17.1 Å². The topological polar surface area (TPSA) is 74.0 Å². The molecule has 0 atom stereocenters. The maximum Gasteiger partial charge on any atom is 0.331 e. The van der Waals surface area contributed by atoms with Gasteiger partial charge in [-0.05, 0) is 41.8 Å². The van der Waals surface area contributed by atoms with Gasteiger partial charge in [-0.25, -0.2) is 14.2 Å². The molecule has 4 rings (SSSR count). The second-order valence-electron chi connectivity index (χ2n) is 7.61. The van der Waals surface area contributed by atoms with E-state index in [4.69, 9.17) is 4.74 Å². The molecule has 0 spiro atoms. The highest BCUT2D eigenvalue weighted by atomic mass is 19.1. The Labute approximate surface area is 185 Å². The van der Waals surface area contributed by atoms with Crippen LogP contribution in [0.25, 0.3) is 11.2 Å². The Morgan fingerprint density at radius 3 is 2.31 bits per heavy atom. The van der Waals surface area contributed by atoms with Crippen LogP contribution in [-0.2, 0) is 13.1 Å². The lowest BCUT2D eigenvalue weighted by Gasteiger charge is -2.06. The molecule has 0 unspecified atom stereocenters. The molecule has 4 aromatic rings. The number of imidazole rings is 1. The zero-order valence-corrected chi connectivity index (χ0v) is 18.2. The van der Waals surface area contributed by atoms with Crippen LogP contribution in [0, 0.1) is 5.82 Å². The molecule has 1 N–H and O–H groups in total. The lowest BCUT2D eigenvalue weighted by Crippen LogP contribution is -2.25. The third kappa shape index (κ3) is 4.64. The molecule has 0 fully saturated rings. The molecule has 2 aromatic carbocycles. The SMILES string of the molecule is CCCCNc1ncc2c(n1)n(Cc1ccc(OC)cc1)c(=O)n2Cc1ccc(F)cc1. The summed E-state index contributed by atoms with van der Waals surface area (Å²) in [6, 6.07) is 13.7. The van der Waals surface area contributed by atoms with Crippen molar-refractivity contribution in [2.24, 2.45) is 0 Å². The van der Waals surface area contributed by atoms with Crippen molar-refractivity contribution in [2.75, 3.05) is 19.0 Å². The molecular weight excluding hydrogens is 409 g/mol. The number of fused-ring (bicyclic) bond motifs is 1. The molecule has 32 heavy (non-hydrogen) atoms. The fourth-order valence-corrected chi connectivity index (χ4v) is 3.54. The van der Waals surface area contributed by atoms with Crippen molar-refractivity contribution in [2.45, 2.75) is 32.9 Å². The number of benzene rings is 2. The predicted octanol–water partition coefficient (Wildman–Crippen LogP) is 4.05. The molecule has 0 bridgehead atoms. The highest BCUT2D eigenvalue weighted by molar-refractivity contribution is 5.72. The quantitative estimate of drug-likeness (QED) is 0.402. The molecule has 8 heteroatoms. The normalized spacial score (nSPS) is 11.1. The van der Waals surface area contributed by atoms with Crippen LogP contribution < -0.4 is 15.7 Å². The van der Waals surface area contributed by atoms with Crippen molar-refractivity contribution < 1.29 is 9.13 Å². The van der Waals surface area contributed by atoms with E-state index >= 15 is 0 Å². The third-order valence-electron chi connectivity index (χ3n) is 5.33. The minimum Gasteiger partial charge on any atom is -0.497 e. The summed E-state index contributed by atoms with van der Waals surface area (Å²) in [5.41, 5.74) is 2.77. The molecule has 7 nitrogen and oxygen atoms in total. The van der Waals surface area contributed by atoms with E-state index in [1.54, 1.807) is 34.6 Å². The van der Waals surface area contributed by atoms with Crippen LogP contribution >= 0.6 is 0 Å². The van der Waals surface area contributed by atoms with Crippen molar-refractivity contribution in [3.05, 3.63) is 82.2 Å². The van der Waals surface area contributed by atoms with E-state index in [9.17, 15) is 9.18 Å². The monoisotopic (exact) mass is 435 g/mol. The lowest BCUT2D eigenvalue weighted by atomic mass is 10.2. The van der Waals surface area contributed by atoms with Gasteiger partial charge < -0.3 is 10.1 Å². The van der Waals surface area contributed by atoms with Gasteiger partial charge in [0.2, 0.25) is 5.95 Å². The van der Waals surface area contributed by atoms with Crippen LogP contribution in [0.1, 0.15) is 30.9 Å². The van der Waals surface area contributed by atoms with Crippen LogP contribution in [0.3, 0.4) is 0 Å². The van der Waals surface area contributed by atoms with Gasteiger partial charge in [0.25, 0.3) is 0 Å². The first-order chi connectivity index (χ1) is 15.6. The lowest BCUT2D eigenvalue weighted by molar-refractivity contribution is 0.414. The Kier molecular flexibility index (Phi) is 6.49. The van der Waals surface area contributed by atoms with Crippen molar-refractivity contribution in [3.8, 4) is 5.75 Å². The fraction of sp³-hybridized carbons (Fsp3) is 0.292. The van der Waals surface area contributed by atoms with Gasteiger partial charge in [-0.2, -0.15) is 4.98 Å². The van der Waals surface area contributed by atoms with Gasteiger partial charge in [0.05, 0.1) is 26.4 Å². The summed E-state index contributed by atoms with van der Waals surface area (Å²) >= 11 is 0. The summed E-state index contributed by atoms with van der Waals surface area (Å²) in [6.07, 6.45) is 3.74. The number of hydrogen-bond donors (Lipinski definition) is 1. The summed E-state index contributed by atoms with van der Waals surface area (Å²) in [7, 11) is 1.62. The van der Waals surface area contributed by atoms with Gasteiger partial charge in [-0.3, -0.25) is 9.13 Å². The van der Waals surface area contributed by atoms with E-state index in [0.29, 0.717) is 30.2 Å². The number of unbranched alkanes of at least 4 members (excludes halogenated alkanes) is 1. The Morgan fingerprint density at radius 2 is 1.66 bits per heavy atom. The minimum absolute atomic E-state index is 0.194. The van der Waals surface area contributed by atoms with E-state index < -0.39 is 0 Å². The number of nitrogens with zero attached hydrogens (tertiary/aromatic N) is 4. The smallest absolute Gasteiger partial charge is 0.331 e. The van der Waals surface area contributed by atoms with Crippen molar-refractivity contribution in [1.82, 2.24) is 19.1 Å². The second kappa shape index (κ2) is 9.64. The van der Waals surface area contributed by atoms with Crippen LogP contribution in [-0.4, -0.2) is 32.8 Å². The summed E-state index contributed by atoms with van der Waals surface area (Å²) in [5, 5.41) is 3.22. The minimum atomic E-state index is -0.311. The van der Waals surface area contributed by atoms with Crippen LogP contribution in [0.2, 0.25) is 0 Å². The first-order valence-corrected chi connectivity index (χ1v) is 10.7. The van der Waals surface area contributed by atoms with Gasteiger partial charge >= 0.3 is 5.69 Å². The highest BCUT2D eigenvalue weighted by Crippen LogP contribution is 2.17. The standard InChI is InChI=1S/C24H26FN5O2/c1-3-4-13-26-23-27-14-21-22(28-23)30(16-18-7-11-20(32-2)12-8-18)24(31)29(21)15-17-5-9-19(25)10-6-17/h5-12,14H,3-4,13,15-16H2,1-2H3,(H,26,27,28). The van der Waals surface area contributed by atoms with Gasteiger partial charge in [0.15, 0.2) is 5.65 Å². The van der Waals surface area contributed by atoms with Crippen LogP contribution in [0.4, 0.5) is 10.3 Å². The number of aromatic nitrogens is 4. The van der Waals surface area contributed by atoms with E-state index in [1.807, 2.05) is 24.3 Å². The Hall–Kier alpha value is -3.68. The summed E-state index contributed by atoms with van der Waals surface area (Å²) < 4.78 is 21.8. The molecule has 0 amide bonds. The maximum absolute atomic E-state index is 13.4. The molecule has 166 valence electrons. The molecule has 0 aliphatic heterocycles. The molecule has 0 saturated carbocycles. The number of nitrogens with one attached hydrogen (secondary N) is 1. The first kappa shape index (κ1) is 21.5. The molecular formula is C24H26FN5O2. The number of rotatable bonds is 9. The number of anilines is 1. The highest BCUT2D eigenvalue weighted by Gasteiger charge is 2.17. The zero-order valence-electron chi connectivity index (χ0n) is 18.2. The number of ether oxygens (including phenoxy) is 1. The Balaban J connectivity index is 1.75. The second-order valence-corrected chi connectivity index (χ2v) is 7.61. The van der Waals surface area contributed by atoms with Gasteiger partial charge in [-0.15, -0.1) is 0 Å². The summed E-state index contributed by atoms with van der Waals surface area (Å²) in [6.45, 7) is 3.55. The molecule has 0 radical (unpaired) electrons. The van der Waals surface area contributed by atoms with Gasteiger partial charge in [0, 0.05) is 6.54 Å². The van der Waals surface area contributed by atoms with E-state index in [1.165, 1.54) is 12.1 Å². The molecule has 0 aliphatic carbocycles. The maximum atomic E-state index is 13.4. The van der Waals surface area contributed by atoms with Crippen LogP contribution in [0.15, 0.2) is 59.5 Å². The van der Waals surface area contributed by atoms with E-state index in [-0.39, 0.29) is 11.5 Å². The van der Waals surface area contributed by atoms with Crippen LogP contribution in [0.5, 0.6) is 5.75 Å². The third-order valence-corrected chi connectivity index (χ3v) is 5.33. The van der Waals surface area contributed by atoms with Crippen molar-refractivity contribution in [3.63, 3.8) is 0 Å². The molecule has 2 aromatic heterocycles. The van der Waals surface area contributed by atoms with Gasteiger partial charge in [-0.1, -0.05) is 37.6 Å².